The SMILES string of the molecule is CN[C@@H](C)C(=O)O.Cl. The first-order chi connectivity index (χ1) is 3.18. The Labute approximate surface area is 54.5 Å². The monoisotopic (exact) mass is 139 g/mol. The predicted molar refractivity (Wildman–Crippen MR) is 33.4 cm³/mol. The standard InChI is InChI=1S/C4H9NO2.ClH/c1-3(5-2)4(6)7;/h3,5H,1-2H3,(H,6,7);1H/t3-;/m0./s1. The molecule has 0 amide bonds. The first-order valence-electron chi connectivity index (χ1n) is 2.08. The van der Waals surface area contributed by atoms with Gasteiger partial charge in [-0.15, -0.1) is 12.4 Å². The van der Waals surface area contributed by atoms with Crippen LogP contribution < -0.4 is 5.32 Å². The molecule has 0 spiro atoms. The first-order valence-corrected chi connectivity index (χ1v) is 2.08. The summed E-state index contributed by atoms with van der Waals surface area (Å²) in [6.07, 6.45) is 0. The van der Waals surface area contributed by atoms with Crippen molar-refractivity contribution in [1.82, 2.24) is 5.32 Å². The summed E-state index contributed by atoms with van der Waals surface area (Å²) in [5.74, 6) is -0.817. The number of carbonyl (C=O) groups is 1. The third kappa shape index (κ3) is 3.89. The summed E-state index contributed by atoms with van der Waals surface area (Å²) in [5.41, 5.74) is 0. The van der Waals surface area contributed by atoms with Gasteiger partial charge < -0.3 is 10.4 Å². The molecule has 0 aromatic rings. The van der Waals surface area contributed by atoms with Crippen LogP contribution >= 0.6 is 12.4 Å². The number of hydrogen-bond acceptors (Lipinski definition) is 2. The summed E-state index contributed by atoms with van der Waals surface area (Å²) in [7, 11) is 1.61. The molecule has 1 atom stereocenters. The largest absolute Gasteiger partial charge is 0.480 e. The van der Waals surface area contributed by atoms with Crippen molar-refractivity contribution >= 4 is 18.4 Å². The van der Waals surface area contributed by atoms with Crippen LogP contribution in [0.15, 0.2) is 0 Å². The summed E-state index contributed by atoms with van der Waals surface area (Å²) in [5, 5.41) is 10.7. The number of aliphatic carboxylic acids is 1. The Morgan fingerprint density at radius 2 is 2.12 bits per heavy atom. The lowest BCUT2D eigenvalue weighted by Gasteiger charge is -1.99. The molecule has 0 aromatic heterocycles. The fourth-order valence-electron chi connectivity index (χ4n) is 0.123. The van der Waals surface area contributed by atoms with Crippen molar-refractivity contribution in [2.24, 2.45) is 0 Å². The molecule has 3 nitrogen and oxygen atoms in total. The van der Waals surface area contributed by atoms with E-state index in [1.54, 1.807) is 14.0 Å². The molecule has 0 saturated heterocycles. The summed E-state index contributed by atoms with van der Waals surface area (Å²) in [6, 6.07) is -0.431. The molecule has 0 heterocycles. The van der Waals surface area contributed by atoms with Gasteiger partial charge in [0.05, 0.1) is 0 Å². The number of nitrogens with one attached hydrogen (secondary N) is 1. The summed E-state index contributed by atoms with van der Waals surface area (Å²) in [4.78, 5) is 9.87. The molecule has 50 valence electrons. The Bertz CT molecular complexity index is 76.4. The second-order valence-corrected chi connectivity index (χ2v) is 1.35. The summed E-state index contributed by atoms with van der Waals surface area (Å²) in [6.45, 7) is 1.59. The van der Waals surface area contributed by atoms with E-state index in [0.29, 0.717) is 0 Å². The van der Waals surface area contributed by atoms with Gasteiger partial charge in [0.15, 0.2) is 0 Å². The van der Waals surface area contributed by atoms with Crippen LogP contribution in [0.4, 0.5) is 0 Å². The minimum Gasteiger partial charge on any atom is -0.480 e. The number of likely N-dealkylation sites (N-methyl/N-ethyl adjacent to an activating group) is 1. The molecule has 0 aliphatic carbocycles. The number of carboxylic acids is 1. The third-order valence-corrected chi connectivity index (χ3v) is 0.803. The van der Waals surface area contributed by atoms with Gasteiger partial charge in [-0.3, -0.25) is 4.79 Å². The van der Waals surface area contributed by atoms with Gasteiger partial charge in [-0.1, -0.05) is 0 Å². The van der Waals surface area contributed by atoms with Crippen molar-refractivity contribution < 1.29 is 9.90 Å². The minimum atomic E-state index is -0.817. The van der Waals surface area contributed by atoms with E-state index in [1.807, 2.05) is 0 Å². The number of carboxylic acid groups (broad SMARTS) is 1. The molecule has 0 bridgehead atoms. The molecule has 0 aliphatic heterocycles. The van der Waals surface area contributed by atoms with Crippen LogP contribution in [0.25, 0.3) is 0 Å². The van der Waals surface area contributed by atoms with Crippen LogP contribution in [-0.2, 0) is 4.79 Å². The van der Waals surface area contributed by atoms with E-state index in [9.17, 15) is 4.79 Å². The quantitative estimate of drug-likeness (QED) is 0.571. The zero-order chi connectivity index (χ0) is 5.86. The number of rotatable bonds is 2. The molecule has 2 N–H and O–H groups in total. The van der Waals surface area contributed by atoms with Gasteiger partial charge in [0.2, 0.25) is 0 Å². The van der Waals surface area contributed by atoms with E-state index in [4.69, 9.17) is 5.11 Å². The third-order valence-electron chi connectivity index (χ3n) is 0.803. The van der Waals surface area contributed by atoms with Crippen molar-refractivity contribution in [3.63, 3.8) is 0 Å². The maximum absolute atomic E-state index is 9.87. The first kappa shape index (κ1) is 10.7. The van der Waals surface area contributed by atoms with E-state index in [2.05, 4.69) is 5.32 Å². The van der Waals surface area contributed by atoms with Crippen molar-refractivity contribution in [3.8, 4) is 0 Å². The van der Waals surface area contributed by atoms with Crippen LogP contribution in [0.2, 0.25) is 0 Å². The number of halogens is 1. The molecule has 0 radical (unpaired) electrons. The number of hydrogen-bond donors (Lipinski definition) is 2. The average Bonchev–Trinajstić information content (AvgIpc) is 1.65. The van der Waals surface area contributed by atoms with Gasteiger partial charge in [0.25, 0.3) is 0 Å². The fraction of sp³-hybridized carbons (Fsp3) is 0.750. The summed E-state index contributed by atoms with van der Waals surface area (Å²) >= 11 is 0. The van der Waals surface area contributed by atoms with E-state index in [1.165, 1.54) is 0 Å². The normalized spacial score (nSPS) is 11.8. The summed E-state index contributed by atoms with van der Waals surface area (Å²) < 4.78 is 0. The van der Waals surface area contributed by atoms with Crippen molar-refractivity contribution in [3.05, 3.63) is 0 Å². The van der Waals surface area contributed by atoms with Crippen LogP contribution in [-0.4, -0.2) is 24.2 Å². The Balaban J connectivity index is 0. The Morgan fingerprint density at radius 1 is 1.75 bits per heavy atom. The molecular formula is C4H10ClNO2. The van der Waals surface area contributed by atoms with E-state index in [-0.39, 0.29) is 12.4 Å². The van der Waals surface area contributed by atoms with Gasteiger partial charge in [-0.2, -0.15) is 0 Å². The Hall–Kier alpha value is -0.280. The zero-order valence-electron chi connectivity index (χ0n) is 4.84. The highest BCUT2D eigenvalue weighted by atomic mass is 35.5. The fourth-order valence-corrected chi connectivity index (χ4v) is 0.123. The topological polar surface area (TPSA) is 49.3 Å². The molecule has 0 fully saturated rings. The van der Waals surface area contributed by atoms with E-state index in [0.717, 1.165) is 0 Å². The highest BCUT2D eigenvalue weighted by molar-refractivity contribution is 5.85. The molecule has 0 aliphatic rings. The van der Waals surface area contributed by atoms with Crippen LogP contribution in [0.3, 0.4) is 0 Å². The Kier molecular flexibility index (Phi) is 6.48. The highest BCUT2D eigenvalue weighted by Crippen LogP contribution is 1.74. The predicted octanol–water partition coefficient (Wildman–Crippen LogP) is 0.101. The minimum absolute atomic E-state index is 0. The van der Waals surface area contributed by atoms with Gasteiger partial charge in [-0.25, -0.2) is 0 Å². The second kappa shape index (κ2) is 4.87. The smallest absolute Gasteiger partial charge is 0.320 e. The second-order valence-electron chi connectivity index (χ2n) is 1.35. The molecular weight excluding hydrogens is 130 g/mol. The van der Waals surface area contributed by atoms with Crippen molar-refractivity contribution in [2.75, 3.05) is 7.05 Å². The lowest BCUT2D eigenvalue weighted by atomic mass is 10.4. The Morgan fingerprint density at radius 3 is 2.12 bits per heavy atom. The van der Waals surface area contributed by atoms with E-state index < -0.39 is 12.0 Å². The molecule has 0 unspecified atom stereocenters. The van der Waals surface area contributed by atoms with E-state index >= 15 is 0 Å². The molecule has 0 rings (SSSR count). The van der Waals surface area contributed by atoms with Crippen molar-refractivity contribution in [1.29, 1.82) is 0 Å². The zero-order valence-corrected chi connectivity index (χ0v) is 5.66. The van der Waals surface area contributed by atoms with Gasteiger partial charge in [0.1, 0.15) is 6.04 Å². The highest BCUT2D eigenvalue weighted by Gasteiger charge is 2.04. The van der Waals surface area contributed by atoms with Gasteiger partial charge in [0, 0.05) is 0 Å². The maximum atomic E-state index is 9.87. The lowest BCUT2D eigenvalue weighted by molar-refractivity contribution is -0.138. The molecule has 4 heteroatoms. The van der Waals surface area contributed by atoms with Crippen LogP contribution in [0.1, 0.15) is 6.92 Å². The molecule has 0 saturated carbocycles. The van der Waals surface area contributed by atoms with Crippen LogP contribution in [0, 0.1) is 0 Å². The van der Waals surface area contributed by atoms with Crippen LogP contribution in [0.5, 0.6) is 0 Å². The average molecular weight is 140 g/mol. The molecule has 0 aromatic carbocycles. The maximum Gasteiger partial charge on any atom is 0.320 e. The lowest BCUT2D eigenvalue weighted by Crippen LogP contribution is -2.29. The van der Waals surface area contributed by atoms with Gasteiger partial charge in [-0.05, 0) is 14.0 Å². The van der Waals surface area contributed by atoms with Gasteiger partial charge >= 0.3 is 5.97 Å². The molecule has 8 heavy (non-hydrogen) atoms. The van der Waals surface area contributed by atoms with Crippen molar-refractivity contribution in [2.45, 2.75) is 13.0 Å².